The SMILES string of the molecule is CCNC(=NCc1ccc(S(C)(=O)=O)cc1)NCC(O)c1cc2ccccc2s1.I. The summed E-state index contributed by atoms with van der Waals surface area (Å²) in [6.45, 7) is 3.41. The number of halogens is 1. The molecule has 0 saturated heterocycles. The zero-order chi connectivity index (χ0) is 20.9. The molecule has 0 saturated carbocycles. The van der Waals surface area contributed by atoms with Gasteiger partial charge in [-0.05, 0) is 42.1 Å². The number of thiophene rings is 1. The second kappa shape index (κ2) is 11.1. The van der Waals surface area contributed by atoms with E-state index in [1.807, 2.05) is 37.3 Å². The van der Waals surface area contributed by atoms with Crippen LogP contribution in [0.3, 0.4) is 0 Å². The Bertz CT molecular complexity index is 1060. The first-order chi connectivity index (χ1) is 13.9. The number of aliphatic hydroxyl groups excluding tert-OH is 1. The van der Waals surface area contributed by atoms with E-state index in [1.54, 1.807) is 35.6 Å². The van der Waals surface area contributed by atoms with Crippen molar-refractivity contribution in [1.82, 2.24) is 10.6 Å². The number of guanidine groups is 1. The molecule has 0 spiro atoms. The molecule has 0 amide bonds. The molecule has 1 unspecified atom stereocenters. The smallest absolute Gasteiger partial charge is 0.191 e. The van der Waals surface area contributed by atoms with E-state index in [9.17, 15) is 13.5 Å². The summed E-state index contributed by atoms with van der Waals surface area (Å²) in [5.41, 5.74) is 0.902. The maximum atomic E-state index is 11.5. The molecule has 3 N–H and O–H groups in total. The number of nitrogens with zero attached hydrogens (tertiary/aromatic N) is 1. The van der Waals surface area contributed by atoms with Crippen molar-refractivity contribution in [1.29, 1.82) is 0 Å². The summed E-state index contributed by atoms with van der Waals surface area (Å²) in [6, 6.07) is 16.8. The van der Waals surface area contributed by atoms with Crippen molar-refractivity contribution < 1.29 is 13.5 Å². The minimum absolute atomic E-state index is 0. The maximum Gasteiger partial charge on any atom is 0.191 e. The number of nitrogens with one attached hydrogen (secondary N) is 2. The lowest BCUT2D eigenvalue weighted by Crippen LogP contribution is -2.39. The fourth-order valence-corrected chi connectivity index (χ4v) is 4.50. The first kappa shape index (κ1) is 24.6. The Balaban J connectivity index is 0.00000320. The molecule has 0 fully saturated rings. The Hall–Kier alpha value is -1.69. The molecule has 3 aromatic rings. The van der Waals surface area contributed by atoms with Gasteiger partial charge >= 0.3 is 0 Å². The van der Waals surface area contributed by atoms with Crippen molar-refractivity contribution in [2.75, 3.05) is 19.3 Å². The Kier molecular flexibility index (Phi) is 9.08. The number of rotatable bonds is 7. The highest BCUT2D eigenvalue weighted by atomic mass is 127. The summed E-state index contributed by atoms with van der Waals surface area (Å²) >= 11 is 1.58. The van der Waals surface area contributed by atoms with Gasteiger partial charge in [0.25, 0.3) is 0 Å². The van der Waals surface area contributed by atoms with Crippen LogP contribution < -0.4 is 10.6 Å². The Labute approximate surface area is 198 Å². The highest BCUT2D eigenvalue weighted by molar-refractivity contribution is 14.0. The molecule has 30 heavy (non-hydrogen) atoms. The van der Waals surface area contributed by atoms with E-state index in [4.69, 9.17) is 0 Å². The van der Waals surface area contributed by atoms with E-state index in [2.05, 4.69) is 15.6 Å². The van der Waals surface area contributed by atoms with Gasteiger partial charge in [-0.15, -0.1) is 35.3 Å². The summed E-state index contributed by atoms with van der Waals surface area (Å²) < 4.78 is 24.2. The molecule has 2 aromatic carbocycles. The van der Waals surface area contributed by atoms with Crippen molar-refractivity contribution in [3.05, 3.63) is 65.0 Å². The van der Waals surface area contributed by atoms with E-state index in [0.717, 1.165) is 20.5 Å². The first-order valence-electron chi connectivity index (χ1n) is 9.34. The van der Waals surface area contributed by atoms with Gasteiger partial charge in [-0.25, -0.2) is 13.4 Å². The molecular weight excluding hydrogens is 533 g/mol. The molecule has 0 aliphatic heterocycles. The molecule has 6 nitrogen and oxygen atoms in total. The van der Waals surface area contributed by atoms with Crippen molar-refractivity contribution in [3.63, 3.8) is 0 Å². The number of hydrogen-bond acceptors (Lipinski definition) is 5. The third-order valence-electron chi connectivity index (χ3n) is 4.35. The molecule has 0 bridgehead atoms. The predicted molar refractivity (Wildman–Crippen MR) is 135 cm³/mol. The van der Waals surface area contributed by atoms with Crippen LogP contribution in [0.25, 0.3) is 10.1 Å². The summed E-state index contributed by atoms with van der Waals surface area (Å²) in [7, 11) is -3.20. The van der Waals surface area contributed by atoms with Crippen LogP contribution in [0.15, 0.2) is 64.5 Å². The Morgan fingerprint density at radius 3 is 2.47 bits per heavy atom. The molecule has 1 atom stereocenters. The summed E-state index contributed by atoms with van der Waals surface area (Å²) in [5.74, 6) is 0.597. The third kappa shape index (κ3) is 6.66. The van der Waals surface area contributed by atoms with Gasteiger partial charge in [0.15, 0.2) is 15.8 Å². The van der Waals surface area contributed by atoms with Gasteiger partial charge < -0.3 is 15.7 Å². The van der Waals surface area contributed by atoms with Gasteiger partial charge in [-0.1, -0.05) is 30.3 Å². The van der Waals surface area contributed by atoms with E-state index in [1.165, 1.54) is 6.26 Å². The average molecular weight is 559 g/mol. The zero-order valence-electron chi connectivity index (χ0n) is 16.8. The molecule has 162 valence electrons. The fourth-order valence-electron chi connectivity index (χ4n) is 2.81. The van der Waals surface area contributed by atoms with Gasteiger partial charge in [-0.2, -0.15) is 0 Å². The monoisotopic (exact) mass is 559 g/mol. The van der Waals surface area contributed by atoms with Gasteiger partial charge in [-0.3, -0.25) is 0 Å². The van der Waals surface area contributed by atoms with E-state index < -0.39 is 15.9 Å². The molecule has 0 radical (unpaired) electrons. The molecule has 0 aliphatic carbocycles. The Morgan fingerprint density at radius 1 is 1.13 bits per heavy atom. The van der Waals surface area contributed by atoms with Crippen LogP contribution in [0.2, 0.25) is 0 Å². The summed E-state index contributed by atoms with van der Waals surface area (Å²) in [4.78, 5) is 5.72. The van der Waals surface area contributed by atoms with Crippen LogP contribution in [-0.4, -0.2) is 38.8 Å². The highest BCUT2D eigenvalue weighted by Gasteiger charge is 2.12. The number of benzene rings is 2. The standard InChI is InChI=1S/C21H25N3O3S2.HI/c1-3-22-21(23-13-15-8-10-17(11-9-15)29(2,26)27)24-14-18(25)20-12-16-6-4-5-7-19(16)28-20;/h4-12,18,25H,3,13-14H2,1-2H3,(H2,22,23,24);1H. The topological polar surface area (TPSA) is 90.8 Å². The highest BCUT2D eigenvalue weighted by Crippen LogP contribution is 2.29. The quantitative estimate of drug-likeness (QED) is 0.233. The first-order valence-corrected chi connectivity index (χ1v) is 12.1. The largest absolute Gasteiger partial charge is 0.386 e. The second-order valence-corrected chi connectivity index (χ2v) is 9.83. The number of fused-ring (bicyclic) bond motifs is 1. The van der Waals surface area contributed by atoms with E-state index in [0.29, 0.717) is 30.5 Å². The van der Waals surface area contributed by atoms with Crippen LogP contribution in [0.4, 0.5) is 0 Å². The van der Waals surface area contributed by atoms with Gasteiger partial charge in [0.05, 0.1) is 11.4 Å². The molecule has 1 heterocycles. The average Bonchev–Trinajstić information content (AvgIpc) is 3.14. The fraction of sp³-hybridized carbons (Fsp3) is 0.286. The van der Waals surface area contributed by atoms with Crippen molar-refractivity contribution in [3.8, 4) is 0 Å². The van der Waals surface area contributed by atoms with Gasteiger partial charge in [0.1, 0.15) is 6.10 Å². The van der Waals surface area contributed by atoms with Crippen LogP contribution in [-0.2, 0) is 16.4 Å². The lowest BCUT2D eigenvalue weighted by atomic mass is 10.2. The third-order valence-corrected chi connectivity index (χ3v) is 6.70. The molecule has 1 aromatic heterocycles. The van der Waals surface area contributed by atoms with Crippen LogP contribution in [0, 0.1) is 0 Å². The number of aliphatic hydroxyl groups is 1. The van der Waals surface area contributed by atoms with E-state index >= 15 is 0 Å². The number of hydrogen-bond donors (Lipinski definition) is 3. The van der Waals surface area contributed by atoms with Crippen LogP contribution in [0.5, 0.6) is 0 Å². The molecular formula is C21H26IN3O3S2. The van der Waals surface area contributed by atoms with E-state index in [-0.39, 0.29) is 24.0 Å². The lowest BCUT2D eigenvalue weighted by Gasteiger charge is -2.14. The predicted octanol–water partition coefficient (Wildman–Crippen LogP) is 3.71. The van der Waals surface area contributed by atoms with Gasteiger partial charge in [0, 0.05) is 28.9 Å². The maximum absolute atomic E-state index is 11.5. The lowest BCUT2D eigenvalue weighted by molar-refractivity contribution is 0.184. The normalized spacial score (nSPS) is 13.0. The van der Waals surface area contributed by atoms with Crippen LogP contribution in [0.1, 0.15) is 23.5 Å². The van der Waals surface area contributed by atoms with Gasteiger partial charge in [0.2, 0.25) is 0 Å². The van der Waals surface area contributed by atoms with Crippen molar-refractivity contribution in [2.24, 2.45) is 4.99 Å². The summed E-state index contributed by atoms with van der Waals surface area (Å²) in [5, 5.41) is 18.0. The molecule has 9 heteroatoms. The Morgan fingerprint density at radius 2 is 1.83 bits per heavy atom. The minimum atomic E-state index is -3.20. The summed E-state index contributed by atoms with van der Waals surface area (Å²) in [6.07, 6.45) is 0.556. The van der Waals surface area contributed by atoms with Crippen molar-refractivity contribution in [2.45, 2.75) is 24.5 Å². The minimum Gasteiger partial charge on any atom is -0.386 e. The number of sulfone groups is 1. The second-order valence-electron chi connectivity index (χ2n) is 6.69. The molecule has 3 rings (SSSR count). The zero-order valence-corrected chi connectivity index (χ0v) is 20.8. The van der Waals surface area contributed by atoms with Crippen molar-refractivity contribution >= 4 is 61.2 Å². The van der Waals surface area contributed by atoms with Crippen LogP contribution >= 0.6 is 35.3 Å². The number of aliphatic imine (C=N–C) groups is 1. The molecule has 0 aliphatic rings.